The van der Waals surface area contributed by atoms with Crippen molar-refractivity contribution in [1.82, 2.24) is 9.97 Å². The Morgan fingerprint density at radius 2 is 1.90 bits per heavy atom. The van der Waals surface area contributed by atoms with E-state index in [0.717, 1.165) is 43.4 Å². The van der Waals surface area contributed by atoms with Gasteiger partial charge in [0, 0.05) is 31.6 Å². The lowest BCUT2D eigenvalue weighted by Crippen LogP contribution is -2.37. The van der Waals surface area contributed by atoms with Gasteiger partial charge in [0.25, 0.3) is 0 Å². The van der Waals surface area contributed by atoms with Gasteiger partial charge in [-0.15, -0.1) is 0 Å². The number of hydrogen-bond acceptors (Lipinski definition) is 4. The zero-order valence-electron chi connectivity index (χ0n) is 13.9. The zero-order valence-corrected chi connectivity index (χ0v) is 13.9. The monoisotopic (exact) mass is 290 g/mol. The second-order valence-electron chi connectivity index (χ2n) is 5.89. The number of hydrogen-bond donors (Lipinski definition) is 1. The predicted molar refractivity (Wildman–Crippen MR) is 90.1 cm³/mol. The fourth-order valence-corrected chi connectivity index (χ4v) is 3.13. The van der Waals surface area contributed by atoms with E-state index in [0.29, 0.717) is 6.04 Å². The largest absolute Gasteiger partial charge is 0.370 e. The van der Waals surface area contributed by atoms with Gasteiger partial charge in [-0.05, 0) is 26.2 Å². The summed E-state index contributed by atoms with van der Waals surface area (Å²) < 4.78 is 0. The molecule has 1 N–H and O–H groups in total. The lowest BCUT2D eigenvalue weighted by atomic mass is 9.94. The topological polar surface area (TPSA) is 41.0 Å². The van der Waals surface area contributed by atoms with Crippen LogP contribution >= 0.6 is 0 Å². The smallest absolute Gasteiger partial charge is 0.134 e. The molecular formula is C17H30N4. The quantitative estimate of drug-likeness (QED) is 0.823. The van der Waals surface area contributed by atoms with E-state index in [1.165, 1.54) is 32.1 Å². The van der Waals surface area contributed by atoms with Crippen molar-refractivity contribution in [1.29, 1.82) is 0 Å². The molecule has 118 valence electrons. The highest BCUT2D eigenvalue weighted by Gasteiger charge is 2.22. The summed E-state index contributed by atoms with van der Waals surface area (Å²) in [4.78, 5) is 11.9. The Hall–Kier alpha value is -1.32. The number of aryl methyl sites for hydroxylation is 1. The molecule has 1 aromatic heterocycles. The van der Waals surface area contributed by atoms with Crippen LogP contribution in [0.15, 0.2) is 6.07 Å². The Bertz CT molecular complexity index is 427. The second kappa shape index (κ2) is 8.20. The molecule has 0 aliphatic heterocycles. The van der Waals surface area contributed by atoms with Gasteiger partial charge in [0.15, 0.2) is 0 Å². The van der Waals surface area contributed by atoms with Crippen LogP contribution in [-0.2, 0) is 6.42 Å². The molecule has 1 aliphatic carbocycles. The molecule has 2 rings (SSSR count). The summed E-state index contributed by atoms with van der Waals surface area (Å²) in [5, 5.41) is 3.41. The van der Waals surface area contributed by atoms with Crippen LogP contribution in [-0.4, -0.2) is 29.1 Å². The van der Waals surface area contributed by atoms with Crippen LogP contribution in [0.1, 0.15) is 65.1 Å². The minimum Gasteiger partial charge on any atom is -0.370 e. The van der Waals surface area contributed by atoms with Crippen molar-refractivity contribution in [3.8, 4) is 0 Å². The molecule has 1 fully saturated rings. The van der Waals surface area contributed by atoms with Gasteiger partial charge in [0.1, 0.15) is 17.5 Å². The molecule has 1 saturated carbocycles. The van der Waals surface area contributed by atoms with E-state index in [2.05, 4.69) is 42.0 Å². The third kappa shape index (κ3) is 4.32. The molecular weight excluding hydrogens is 260 g/mol. The Kier molecular flexibility index (Phi) is 6.27. The summed E-state index contributed by atoms with van der Waals surface area (Å²) in [5.41, 5.74) is 0. The molecule has 4 heteroatoms. The Labute approximate surface area is 129 Å². The average molecular weight is 290 g/mol. The fourth-order valence-electron chi connectivity index (χ4n) is 3.13. The van der Waals surface area contributed by atoms with Gasteiger partial charge in [-0.3, -0.25) is 0 Å². The second-order valence-corrected chi connectivity index (χ2v) is 5.89. The maximum Gasteiger partial charge on any atom is 0.134 e. The minimum atomic E-state index is 0.655. The Morgan fingerprint density at radius 3 is 2.52 bits per heavy atom. The molecule has 0 spiro atoms. The van der Waals surface area contributed by atoms with Gasteiger partial charge in [-0.2, -0.15) is 0 Å². The van der Waals surface area contributed by atoms with Crippen molar-refractivity contribution < 1.29 is 0 Å². The molecule has 0 unspecified atom stereocenters. The third-order valence-electron chi connectivity index (χ3n) is 4.28. The van der Waals surface area contributed by atoms with Crippen LogP contribution in [0.4, 0.5) is 11.6 Å². The van der Waals surface area contributed by atoms with Gasteiger partial charge >= 0.3 is 0 Å². The highest BCUT2D eigenvalue weighted by atomic mass is 15.2. The van der Waals surface area contributed by atoms with E-state index < -0.39 is 0 Å². The molecule has 0 atom stereocenters. The number of rotatable bonds is 7. The Balaban J connectivity index is 2.21. The van der Waals surface area contributed by atoms with Crippen molar-refractivity contribution in [2.75, 3.05) is 23.3 Å². The first kappa shape index (κ1) is 16.1. The van der Waals surface area contributed by atoms with Crippen molar-refractivity contribution >= 4 is 11.6 Å². The van der Waals surface area contributed by atoms with Crippen molar-refractivity contribution in [2.24, 2.45) is 0 Å². The summed E-state index contributed by atoms with van der Waals surface area (Å²) in [6.45, 7) is 8.53. The van der Waals surface area contributed by atoms with E-state index in [1.807, 2.05) is 0 Å². The first-order valence-corrected chi connectivity index (χ1v) is 8.66. The van der Waals surface area contributed by atoms with Crippen LogP contribution in [0, 0.1) is 0 Å². The van der Waals surface area contributed by atoms with Crippen molar-refractivity contribution in [3.63, 3.8) is 0 Å². The van der Waals surface area contributed by atoms with E-state index in [9.17, 15) is 0 Å². The van der Waals surface area contributed by atoms with Crippen molar-refractivity contribution in [2.45, 2.75) is 71.8 Å². The normalized spacial score (nSPS) is 16.0. The van der Waals surface area contributed by atoms with Gasteiger partial charge < -0.3 is 10.2 Å². The summed E-state index contributed by atoms with van der Waals surface area (Å²) in [6.07, 6.45) is 8.70. The molecule has 1 aromatic rings. The van der Waals surface area contributed by atoms with Crippen molar-refractivity contribution in [3.05, 3.63) is 11.9 Å². The molecule has 0 amide bonds. The lowest BCUT2D eigenvalue weighted by molar-refractivity contribution is 0.416. The van der Waals surface area contributed by atoms with Crippen LogP contribution in [0.3, 0.4) is 0 Å². The van der Waals surface area contributed by atoms with Crippen LogP contribution in [0.5, 0.6) is 0 Å². The molecule has 21 heavy (non-hydrogen) atoms. The molecule has 4 nitrogen and oxygen atoms in total. The first-order valence-electron chi connectivity index (χ1n) is 8.66. The van der Waals surface area contributed by atoms with Crippen LogP contribution < -0.4 is 10.2 Å². The molecule has 1 heterocycles. The molecule has 0 radical (unpaired) electrons. The zero-order chi connectivity index (χ0) is 15.1. The SMILES string of the molecule is CCCNc1cc(N(CC)C2CCCCC2)nc(CC)n1. The van der Waals surface area contributed by atoms with E-state index in [4.69, 9.17) is 4.98 Å². The van der Waals surface area contributed by atoms with E-state index in [-0.39, 0.29) is 0 Å². The van der Waals surface area contributed by atoms with Crippen LogP contribution in [0.2, 0.25) is 0 Å². The number of aromatic nitrogens is 2. The van der Waals surface area contributed by atoms with Gasteiger partial charge in [-0.1, -0.05) is 33.1 Å². The molecule has 0 saturated heterocycles. The highest BCUT2D eigenvalue weighted by Crippen LogP contribution is 2.27. The van der Waals surface area contributed by atoms with Gasteiger partial charge in [0.2, 0.25) is 0 Å². The van der Waals surface area contributed by atoms with Gasteiger partial charge in [0.05, 0.1) is 0 Å². The Morgan fingerprint density at radius 1 is 1.14 bits per heavy atom. The summed E-state index contributed by atoms with van der Waals surface area (Å²) in [6, 6.07) is 2.79. The van der Waals surface area contributed by atoms with Gasteiger partial charge in [-0.25, -0.2) is 9.97 Å². The maximum atomic E-state index is 4.78. The molecule has 1 aliphatic rings. The standard InChI is InChI=1S/C17H30N4/c1-4-12-18-16-13-17(20-15(5-2)19-16)21(6-3)14-10-8-7-9-11-14/h13-14H,4-12H2,1-3H3,(H,18,19,20). The van der Waals surface area contributed by atoms with E-state index in [1.54, 1.807) is 0 Å². The highest BCUT2D eigenvalue weighted by molar-refractivity contribution is 5.50. The van der Waals surface area contributed by atoms with Crippen LogP contribution in [0.25, 0.3) is 0 Å². The summed E-state index contributed by atoms with van der Waals surface area (Å²) >= 11 is 0. The minimum absolute atomic E-state index is 0.655. The number of nitrogens with zero attached hydrogens (tertiary/aromatic N) is 3. The fraction of sp³-hybridized carbons (Fsp3) is 0.765. The predicted octanol–water partition coefficient (Wildman–Crippen LogP) is 4.02. The maximum absolute atomic E-state index is 4.78. The average Bonchev–Trinajstić information content (AvgIpc) is 2.54. The molecule has 0 bridgehead atoms. The first-order chi connectivity index (χ1) is 10.3. The number of nitrogens with one attached hydrogen (secondary N) is 1. The van der Waals surface area contributed by atoms with E-state index >= 15 is 0 Å². The lowest BCUT2D eigenvalue weighted by Gasteiger charge is -2.34. The summed E-state index contributed by atoms with van der Waals surface area (Å²) in [7, 11) is 0. The molecule has 0 aromatic carbocycles. The third-order valence-corrected chi connectivity index (χ3v) is 4.28. The summed E-state index contributed by atoms with van der Waals surface area (Å²) in [5.74, 6) is 3.03. The number of anilines is 2.